The Morgan fingerprint density at radius 1 is 1.22 bits per heavy atom. The molecule has 18 heavy (non-hydrogen) atoms. The van der Waals surface area contributed by atoms with Crippen molar-refractivity contribution in [1.29, 1.82) is 0 Å². The number of alkyl halides is 3. The maximum Gasteiger partial charge on any atom is 0.534 e. The van der Waals surface area contributed by atoms with E-state index in [2.05, 4.69) is 4.18 Å². The Bertz CT molecular complexity index is 535. The zero-order valence-corrected chi connectivity index (χ0v) is 10.3. The zero-order chi connectivity index (χ0) is 14.1. The molecule has 3 nitrogen and oxygen atoms in total. The van der Waals surface area contributed by atoms with E-state index in [4.69, 9.17) is 0 Å². The summed E-state index contributed by atoms with van der Waals surface area (Å²) in [6, 6.07) is 3.06. The molecule has 1 aromatic carbocycles. The first-order valence-corrected chi connectivity index (χ1v) is 6.26. The van der Waals surface area contributed by atoms with Crippen LogP contribution in [0.1, 0.15) is 25.3 Å². The van der Waals surface area contributed by atoms with Crippen LogP contribution in [0.4, 0.5) is 17.6 Å². The number of halogens is 4. The monoisotopic (exact) mass is 286 g/mol. The van der Waals surface area contributed by atoms with Crippen LogP contribution in [-0.2, 0) is 10.1 Å². The zero-order valence-electron chi connectivity index (χ0n) is 9.45. The van der Waals surface area contributed by atoms with Gasteiger partial charge < -0.3 is 4.18 Å². The number of benzene rings is 1. The third-order valence-corrected chi connectivity index (χ3v) is 3.04. The van der Waals surface area contributed by atoms with Gasteiger partial charge in [0.05, 0.1) is 0 Å². The Hall–Kier alpha value is -1.31. The first-order valence-electron chi connectivity index (χ1n) is 4.85. The van der Waals surface area contributed by atoms with Gasteiger partial charge in [-0.1, -0.05) is 19.9 Å². The molecule has 0 saturated heterocycles. The second kappa shape index (κ2) is 4.75. The Balaban J connectivity index is 3.26. The van der Waals surface area contributed by atoms with Crippen LogP contribution >= 0.6 is 0 Å². The Morgan fingerprint density at radius 2 is 1.78 bits per heavy atom. The summed E-state index contributed by atoms with van der Waals surface area (Å²) < 4.78 is 75.5. The molecule has 0 aliphatic carbocycles. The molecule has 0 bridgehead atoms. The summed E-state index contributed by atoms with van der Waals surface area (Å²) >= 11 is 0. The molecule has 0 radical (unpaired) electrons. The average Bonchev–Trinajstić information content (AvgIpc) is 2.14. The molecular formula is C10H10F4O3S. The molecule has 0 unspecified atom stereocenters. The summed E-state index contributed by atoms with van der Waals surface area (Å²) in [7, 11) is -5.79. The van der Waals surface area contributed by atoms with Gasteiger partial charge in [-0.05, 0) is 18.1 Å². The van der Waals surface area contributed by atoms with Crippen LogP contribution in [0.3, 0.4) is 0 Å². The minimum atomic E-state index is -5.79. The Kier molecular flexibility index (Phi) is 3.89. The fourth-order valence-corrected chi connectivity index (χ4v) is 1.79. The van der Waals surface area contributed by atoms with E-state index in [1.165, 1.54) is 13.8 Å². The van der Waals surface area contributed by atoms with E-state index < -0.39 is 33.1 Å². The van der Waals surface area contributed by atoms with Crippen molar-refractivity contribution in [2.75, 3.05) is 0 Å². The highest BCUT2D eigenvalue weighted by atomic mass is 32.2. The van der Waals surface area contributed by atoms with Crippen molar-refractivity contribution in [2.45, 2.75) is 25.3 Å². The topological polar surface area (TPSA) is 43.4 Å². The molecule has 0 heterocycles. The molecule has 1 rings (SSSR count). The summed E-state index contributed by atoms with van der Waals surface area (Å²) in [5.41, 5.74) is -5.77. The molecule has 0 atom stereocenters. The number of hydrogen-bond donors (Lipinski definition) is 0. The summed E-state index contributed by atoms with van der Waals surface area (Å²) in [4.78, 5) is 0. The van der Waals surface area contributed by atoms with Crippen LogP contribution in [0.15, 0.2) is 18.2 Å². The van der Waals surface area contributed by atoms with Gasteiger partial charge >= 0.3 is 15.6 Å². The summed E-state index contributed by atoms with van der Waals surface area (Å²) in [6.45, 7) is 3.01. The molecular weight excluding hydrogens is 276 g/mol. The molecule has 0 aliphatic rings. The first kappa shape index (κ1) is 14.7. The summed E-state index contributed by atoms with van der Waals surface area (Å²) in [5.74, 6) is -1.99. The highest BCUT2D eigenvalue weighted by molar-refractivity contribution is 7.88. The van der Waals surface area contributed by atoms with Gasteiger partial charge in [0.2, 0.25) is 0 Å². The van der Waals surface area contributed by atoms with Crippen LogP contribution in [0.25, 0.3) is 0 Å². The van der Waals surface area contributed by atoms with Crippen molar-refractivity contribution in [3.8, 4) is 5.75 Å². The summed E-state index contributed by atoms with van der Waals surface area (Å²) in [5, 5.41) is 0. The molecule has 0 N–H and O–H groups in total. The van der Waals surface area contributed by atoms with E-state index in [1.54, 1.807) is 0 Å². The van der Waals surface area contributed by atoms with Crippen LogP contribution in [0, 0.1) is 5.82 Å². The molecule has 1 aromatic rings. The van der Waals surface area contributed by atoms with Gasteiger partial charge in [-0.15, -0.1) is 0 Å². The largest absolute Gasteiger partial charge is 0.534 e. The van der Waals surface area contributed by atoms with Gasteiger partial charge in [-0.3, -0.25) is 0 Å². The van der Waals surface area contributed by atoms with Crippen LogP contribution in [0.5, 0.6) is 5.75 Å². The fraction of sp³-hybridized carbons (Fsp3) is 0.400. The van der Waals surface area contributed by atoms with E-state index in [0.717, 1.165) is 18.2 Å². The lowest BCUT2D eigenvalue weighted by atomic mass is 10.0. The lowest BCUT2D eigenvalue weighted by Gasteiger charge is -2.15. The molecule has 0 saturated carbocycles. The lowest BCUT2D eigenvalue weighted by Crippen LogP contribution is -2.28. The molecule has 0 aliphatic heterocycles. The van der Waals surface area contributed by atoms with Crippen molar-refractivity contribution in [2.24, 2.45) is 0 Å². The average molecular weight is 286 g/mol. The fourth-order valence-electron chi connectivity index (χ4n) is 1.32. The first-order chi connectivity index (χ1) is 8.06. The predicted molar refractivity (Wildman–Crippen MR) is 56.1 cm³/mol. The molecule has 102 valence electrons. The second-order valence-corrected chi connectivity index (χ2v) is 5.33. The van der Waals surface area contributed by atoms with Gasteiger partial charge in [-0.25, -0.2) is 4.39 Å². The quantitative estimate of drug-likeness (QED) is 0.487. The van der Waals surface area contributed by atoms with E-state index >= 15 is 0 Å². The third-order valence-electron chi connectivity index (χ3n) is 2.07. The number of hydrogen-bond acceptors (Lipinski definition) is 3. The van der Waals surface area contributed by atoms with Gasteiger partial charge in [0.25, 0.3) is 0 Å². The van der Waals surface area contributed by atoms with E-state index in [-0.39, 0.29) is 5.56 Å². The van der Waals surface area contributed by atoms with Crippen molar-refractivity contribution in [3.05, 3.63) is 29.6 Å². The Morgan fingerprint density at radius 3 is 2.22 bits per heavy atom. The van der Waals surface area contributed by atoms with Gasteiger partial charge in [-0.2, -0.15) is 21.6 Å². The maximum absolute atomic E-state index is 13.4. The van der Waals surface area contributed by atoms with E-state index in [9.17, 15) is 26.0 Å². The van der Waals surface area contributed by atoms with Gasteiger partial charge in [0.15, 0.2) is 0 Å². The molecule has 8 heteroatoms. The SMILES string of the molecule is CC(C)c1c(F)cccc1OS(=O)(=O)C(F)(F)F. The highest BCUT2D eigenvalue weighted by Crippen LogP contribution is 2.33. The third kappa shape index (κ3) is 2.92. The smallest absolute Gasteiger partial charge is 0.376 e. The van der Waals surface area contributed by atoms with Gasteiger partial charge in [0, 0.05) is 5.56 Å². The molecule has 0 spiro atoms. The Labute approximate surface area is 102 Å². The number of rotatable bonds is 3. The molecule has 0 fully saturated rings. The molecule has 0 aromatic heterocycles. The normalized spacial score (nSPS) is 12.8. The van der Waals surface area contributed by atoms with Crippen LogP contribution < -0.4 is 4.18 Å². The minimum absolute atomic E-state index is 0.217. The van der Waals surface area contributed by atoms with E-state index in [1.807, 2.05) is 0 Å². The summed E-state index contributed by atoms with van der Waals surface area (Å²) in [6.07, 6.45) is 0. The van der Waals surface area contributed by atoms with Crippen LogP contribution in [-0.4, -0.2) is 13.9 Å². The molecule has 0 amide bonds. The van der Waals surface area contributed by atoms with Crippen molar-refractivity contribution < 1.29 is 30.2 Å². The van der Waals surface area contributed by atoms with Crippen molar-refractivity contribution in [3.63, 3.8) is 0 Å². The van der Waals surface area contributed by atoms with Crippen LogP contribution in [0.2, 0.25) is 0 Å². The van der Waals surface area contributed by atoms with Crippen molar-refractivity contribution in [1.82, 2.24) is 0 Å². The van der Waals surface area contributed by atoms with E-state index in [0.29, 0.717) is 0 Å². The standard InChI is InChI=1S/C10H10F4O3S/c1-6(2)9-7(11)4-3-5-8(9)17-18(15,16)10(12,13)14/h3-6H,1-2H3. The maximum atomic E-state index is 13.4. The lowest BCUT2D eigenvalue weighted by molar-refractivity contribution is -0.0500. The second-order valence-electron chi connectivity index (χ2n) is 3.79. The van der Waals surface area contributed by atoms with Gasteiger partial charge in [0.1, 0.15) is 11.6 Å². The highest BCUT2D eigenvalue weighted by Gasteiger charge is 2.48. The predicted octanol–water partition coefficient (Wildman–Crippen LogP) is 3.18. The van der Waals surface area contributed by atoms with Crippen molar-refractivity contribution >= 4 is 10.1 Å². The minimum Gasteiger partial charge on any atom is -0.376 e.